The van der Waals surface area contributed by atoms with Gasteiger partial charge in [-0.05, 0) is 25.0 Å². The molecule has 0 amide bonds. The maximum atomic E-state index is 5.95. The molecule has 0 saturated heterocycles. The Hall–Kier alpha value is -2.37. The predicted octanol–water partition coefficient (Wildman–Crippen LogP) is 3.63. The largest absolute Gasteiger partial charge is 0.368 e. The van der Waals surface area contributed by atoms with Gasteiger partial charge in [0.1, 0.15) is 0 Å². The number of para-hydroxylation sites is 1. The first-order chi connectivity index (χ1) is 11.7. The van der Waals surface area contributed by atoms with Crippen LogP contribution in [0.5, 0.6) is 0 Å². The normalized spacial score (nSPS) is 10.6. The second kappa shape index (κ2) is 9.05. The second-order valence-corrected chi connectivity index (χ2v) is 5.88. The number of anilines is 4. The Morgan fingerprint density at radius 3 is 2.04 bits per heavy atom. The molecule has 130 valence electrons. The number of nitrogen functional groups attached to an aromatic ring is 1. The number of rotatable bonds is 9. The van der Waals surface area contributed by atoms with Gasteiger partial charge in [-0.25, -0.2) is 0 Å². The lowest BCUT2D eigenvalue weighted by atomic mass is 10.3. The molecule has 1 aromatic heterocycles. The highest BCUT2D eigenvalue weighted by molar-refractivity contribution is 5.58. The van der Waals surface area contributed by atoms with Crippen molar-refractivity contribution in [2.45, 2.75) is 39.5 Å². The van der Waals surface area contributed by atoms with Crippen LogP contribution < -0.4 is 15.5 Å². The molecule has 1 heterocycles. The lowest BCUT2D eigenvalue weighted by Crippen LogP contribution is -2.29. The first-order valence-electron chi connectivity index (χ1n) is 8.71. The summed E-state index contributed by atoms with van der Waals surface area (Å²) in [5.74, 6) is 1.50. The fourth-order valence-corrected chi connectivity index (χ4v) is 2.44. The molecule has 0 aliphatic heterocycles. The van der Waals surface area contributed by atoms with E-state index < -0.39 is 0 Å². The number of benzene rings is 1. The van der Waals surface area contributed by atoms with Crippen LogP contribution >= 0.6 is 0 Å². The summed E-state index contributed by atoms with van der Waals surface area (Å²) in [4.78, 5) is 17.5. The third-order valence-electron chi connectivity index (χ3n) is 3.92. The van der Waals surface area contributed by atoms with E-state index in [1.54, 1.807) is 0 Å². The van der Waals surface area contributed by atoms with Crippen LogP contribution in [-0.4, -0.2) is 35.1 Å². The molecule has 6 nitrogen and oxygen atoms in total. The molecule has 0 saturated carbocycles. The summed E-state index contributed by atoms with van der Waals surface area (Å²) in [6.07, 6.45) is 4.50. The Morgan fingerprint density at radius 2 is 1.46 bits per heavy atom. The van der Waals surface area contributed by atoms with Crippen molar-refractivity contribution in [3.05, 3.63) is 30.3 Å². The highest BCUT2D eigenvalue weighted by Gasteiger charge is 2.15. The molecule has 0 radical (unpaired) electrons. The van der Waals surface area contributed by atoms with E-state index in [2.05, 4.69) is 33.7 Å². The Bertz CT molecular complexity index is 608. The summed E-state index contributed by atoms with van der Waals surface area (Å²) in [5, 5.41) is 0. The van der Waals surface area contributed by atoms with Gasteiger partial charge in [0, 0.05) is 25.8 Å². The number of nitrogens with zero attached hydrogens (tertiary/aromatic N) is 5. The number of nitrogens with two attached hydrogens (primary N) is 1. The molecule has 6 heteroatoms. The molecule has 0 fully saturated rings. The first kappa shape index (κ1) is 18.0. The summed E-state index contributed by atoms with van der Waals surface area (Å²) in [7, 11) is 1.94. The third-order valence-corrected chi connectivity index (χ3v) is 3.92. The smallest absolute Gasteiger partial charge is 0.236 e. The van der Waals surface area contributed by atoms with Gasteiger partial charge in [-0.1, -0.05) is 44.9 Å². The van der Waals surface area contributed by atoms with E-state index >= 15 is 0 Å². The van der Waals surface area contributed by atoms with Crippen LogP contribution in [0.15, 0.2) is 30.3 Å². The molecule has 0 atom stereocenters. The molecule has 0 unspecified atom stereocenters. The minimum atomic E-state index is 0.260. The van der Waals surface area contributed by atoms with E-state index in [4.69, 9.17) is 5.73 Å². The second-order valence-electron chi connectivity index (χ2n) is 5.88. The lowest BCUT2D eigenvalue weighted by Gasteiger charge is -2.24. The van der Waals surface area contributed by atoms with Crippen LogP contribution in [0.3, 0.4) is 0 Å². The number of aromatic nitrogens is 3. The molecule has 24 heavy (non-hydrogen) atoms. The predicted molar refractivity (Wildman–Crippen MR) is 101 cm³/mol. The van der Waals surface area contributed by atoms with Gasteiger partial charge in [0.05, 0.1) is 0 Å². The molecule has 1 aromatic carbocycles. The van der Waals surface area contributed by atoms with Gasteiger partial charge in [-0.2, -0.15) is 15.0 Å². The fraction of sp³-hybridized carbons (Fsp3) is 0.500. The van der Waals surface area contributed by atoms with Gasteiger partial charge in [0.25, 0.3) is 0 Å². The minimum absolute atomic E-state index is 0.260. The van der Waals surface area contributed by atoms with E-state index in [0.717, 1.165) is 44.5 Å². The third kappa shape index (κ3) is 4.81. The van der Waals surface area contributed by atoms with Crippen molar-refractivity contribution < 1.29 is 0 Å². The molecule has 2 N–H and O–H groups in total. The highest BCUT2D eigenvalue weighted by atomic mass is 15.3. The van der Waals surface area contributed by atoms with Crippen molar-refractivity contribution in [3.8, 4) is 0 Å². The summed E-state index contributed by atoms with van der Waals surface area (Å²) >= 11 is 0. The molecule has 2 rings (SSSR count). The molecule has 2 aromatic rings. The highest BCUT2D eigenvalue weighted by Crippen LogP contribution is 2.22. The summed E-state index contributed by atoms with van der Waals surface area (Å²) < 4.78 is 0. The van der Waals surface area contributed by atoms with Crippen LogP contribution in [0.2, 0.25) is 0 Å². The lowest BCUT2D eigenvalue weighted by molar-refractivity contribution is 0.661. The van der Waals surface area contributed by atoms with Crippen molar-refractivity contribution >= 4 is 23.5 Å². The SMILES string of the molecule is CCCCN(CCCC)c1nc(N)nc(N(C)c2ccccc2)n1. The fourth-order valence-electron chi connectivity index (χ4n) is 2.44. The van der Waals surface area contributed by atoms with Gasteiger partial charge in [0.15, 0.2) is 0 Å². The van der Waals surface area contributed by atoms with Crippen LogP contribution in [0.1, 0.15) is 39.5 Å². The van der Waals surface area contributed by atoms with Gasteiger partial charge < -0.3 is 15.5 Å². The van der Waals surface area contributed by atoms with Crippen LogP contribution in [0.25, 0.3) is 0 Å². The minimum Gasteiger partial charge on any atom is -0.368 e. The van der Waals surface area contributed by atoms with Gasteiger partial charge in [-0.15, -0.1) is 0 Å². The monoisotopic (exact) mass is 328 g/mol. The average molecular weight is 328 g/mol. The van der Waals surface area contributed by atoms with Crippen molar-refractivity contribution in [1.82, 2.24) is 15.0 Å². The zero-order valence-electron chi connectivity index (χ0n) is 14.9. The molecular weight excluding hydrogens is 300 g/mol. The standard InChI is InChI=1S/C18H28N6/c1-4-6-13-24(14-7-5-2)18-21-16(19)20-17(22-18)23(3)15-11-9-8-10-12-15/h8-12H,4-7,13-14H2,1-3H3,(H2,19,20,21,22). The Kier molecular flexibility index (Phi) is 6.78. The Balaban J connectivity index is 2.28. The van der Waals surface area contributed by atoms with Crippen molar-refractivity contribution in [3.63, 3.8) is 0 Å². The molecule has 0 bridgehead atoms. The maximum absolute atomic E-state index is 5.95. The van der Waals surface area contributed by atoms with E-state index in [1.165, 1.54) is 0 Å². The number of hydrogen-bond donors (Lipinski definition) is 1. The summed E-state index contributed by atoms with van der Waals surface area (Å²) in [5.41, 5.74) is 6.97. The topological polar surface area (TPSA) is 71.2 Å². The van der Waals surface area contributed by atoms with Gasteiger partial charge in [-0.3, -0.25) is 0 Å². The van der Waals surface area contributed by atoms with Crippen LogP contribution in [0, 0.1) is 0 Å². The van der Waals surface area contributed by atoms with E-state index in [-0.39, 0.29) is 5.95 Å². The molecule has 0 aliphatic rings. The summed E-state index contributed by atoms with van der Waals surface area (Å²) in [6.45, 7) is 6.26. The van der Waals surface area contributed by atoms with Gasteiger partial charge in [0.2, 0.25) is 17.8 Å². The molecule has 0 aliphatic carbocycles. The Labute approximate surface area is 144 Å². The van der Waals surface area contributed by atoms with Crippen LogP contribution in [0.4, 0.5) is 23.5 Å². The number of hydrogen-bond acceptors (Lipinski definition) is 6. The maximum Gasteiger partial charge on any atom is 0.236 e. The quantitative estimate of drug-likeness (QED) is 0.758. The van der Waals surface area contributed by atoms with E-state index in [0.29, 0.717) is 11.9 Å². The Morgan fingerprint density at radius 1 is 0.875 bits per heavy atom. The van der Waals surface area contributed by atoms with Crippen molar-refractivity contribution in [2.24, 2.45) is 0 Å². The average Bonchev–Trinajstić information content (AvgIpc) is 2.61. The van der Waals surface area contributed by atoms with E-state index in [1.807, 2.05) is 42.3 Å². The first-order valence-corrected chi connectivity index (χ1v) is 8.71. The van der Waals surface area contributed by atoms with Gasteiger partial charge >= 0.3 is 0 Å². The molecular formula is C18H28N6. The number of unbranched alkanes of at least 4 members (excludes halogenated alkanes) is 2. The summed E-state index contributed by atoms with van der Waals surface area (Å²) in [6, 6.07) is 10.0. The zero-order valence-corrected chi connectivity index (χ0v) is 14.9. The zero-order chi connectivity index (χ0) is 17.4. The van der Waals surface area contributed by atoms with Crippen molar-refractivity contribution in [2.75, 3.05) is 35.7 Å². The van der Waals surface area contributed by atoms with E-state index in [9.17, 15) is 0 Å². The van der Waals surface area contributed by atoms with Crippen LogP contribution in [-0.2, 0) is 0 Å². The molecule has 0 spiro atoms. The van der Waals surface area contributed by atoms with Crippen molar-refractivity contribution in [1.29, 1.82) is 0 Å².